The Kier molecular flexibility index (Phi) is 3.06. The van der Waals surface area contributed by atoms with Gasteiger partial charge in [-0.3, -0.25) is 0 Å². The summed E-state index contributed by atoms with van der Waals surface area (Å²) in [5, 5.41) is 1.01. The van der Waals surface area contributed by atoms with Crippen LogP contribution in [-0.4, -0.2) is 15.0 Å². The predicted molar refractivity (Wildman–Crippen MR) is 78.7 cm³/mol. The van der Waals surface area contributed by atoms with Crippen LogP contribution in [0.3, 0.4) is 0 Å². The Balaban J connectivity index is 2.08. The van der Waals surface area contributed by atoms with Gasteiger partial charge in [0, 0.05) is 28.4 Å². The van der Waals surface area contributed by atoms with Gasteiger partial charge in [0.05, 0.1) is 5.56 Å². The van der Waals surface area contributed by atoms with Crippen molar-refractivity contribution in [2.45, 2.75) is 6.92 Å². The first-order chi connectivity index (χ1) is 9.24. The first-order valence-electron chi connectivity index (χ1n) is 5.80. The molecule has 0 spiro atoms. The summed E-state index contributed by atoms with van der Waals surface area (Å²) in [4.78, 5) is 11.7. The van der Waals surface area contributed by atoms with Crippen LogP contribution in [0.5, 0.6) is 0 Å². The zero-order valence-corrected chi connectivity index (χ0v) is 11.8. The van der Waals surface area contributed by atoms with Crippen molar-refractivity contribution >= 4 is 27.0 Å². The van der Waals surface area contributed by atoms with Gasteiger partial charge in [-0.2, -0.15) is 0 Å². The fourth-order valence-corrected chi connectivity index (χ4v) is 2.16. The molecule has 3 nitrogen and oxygen atoms in total. The second-order valence-corrected chi connectivity index (χ2v) is 5.09. The van der Waals surface area contributed by atoms with E-state index < -0.39 is 0 Å². The zero-order valence-electron chi connectivity index (χ0n) is 10.2. The number of halogens is 1. The van der Waals surface area contributed by atoms with E-state index in [1.165, 1.54) is 0 Å². The molecule has 0 bridgehead atoms. The molecule has 19 heavy (non-hydrogen) atoms. The summed E-state index contributed by atoms with van der Waals surface area (Å²) in [6, 6.07) is 5.92. The molecule has 0 atom stereocenters. The highest BCUT2D eigenvalue weighted by molar-refractivity contribution is 9.10. The Labute approximate surface area is 119 Å². The van der Waals surface area contributed by atoms with Crippen LogP contribution in [-0.2, 0) is 0 Å². The highest BCUT2D eigenvalue weighted by Gasteiger charge is 2.03. The van der Waals surface area contributed by atoms with Crippen LogP contribution in [0.25, 0.3) is 11.0 Å². The first-order valence-corrected chi connectivity index (χ1v) is 6.59. The van der Waals surface area contributed by atoms with Gasteiger partial charge < -0.3 is 4.98 Å². The van der Waals surface area contributed by atoms with E-state index >= 15 is 0 Å². The summed E-state index contributed by atoms with van der Waals surface area (Å²) in [5.41, 5.74) is 3.65. The molecule has 0 saturated carbocycles. The van der Waals surface area contributed by atoms with E-state index in [-0.39, 0.29) is 0 Å². The minimum absolute atomic E-state index is 0.805. The lowest BCUT2D eigenvalue weighted by atomic mass is 10.2. The van der Waals surface area contributed by atoms with Crippen LogP contribution >= 0.6 is 15.9 Å². The van der Waals surface area contributed by atoms with Crippen LogP contribution in [0.1, 0.15) is 16.8 Å². The van der Waals surface area contributed by atoms with Crippen molar-refractivity contribution in [3.8, 4) is 11.8 Å². The van der Waals surface area contributed by atoms with Crippen LogP contribution in [0, 0.1) is 18.8 Å². The number of nitrogens with zero attached hydrogens (tertiary/aromatic N) is 2. The molecule has 3 rings (SSSR count). The second-order valence-electron chi connectivity index (χ2n) is 4.17. The molecular weight excluding hydrogens is 302 g/mol. The Hall–Kier alpha value is -2.12. The van der Waals surface area contributed by atoms with E-state index in [4.69, 9.17) is 0 Å². The van der Waals surface area contributed by atoms with Crippen molar-refractivity contribution in [3.63, 3.8) is 0 Å². The van der Waals surface area contributed by atoms with Gasteiger partial charge in [-0.05, 0) is 46.5 Å². The number of aromatic amines is 1. The normalized spacial score (nSPS) is 10.2. The maximum atomic E-state index is 4.29. The van der Waals surface area contributed by atoms with E-state index in [1.807, 2.05) is 31.3 Å². The number of H-pyrrole nitrogens is 1. The molecular formula is C15H10BrN3. The third-order valence-corrected chi connectivity index (χ3v) is 3.26. The number of fused-ring (bicyclic) bond motifs is 1. The standard InChI is InChI=1S/C15H10BrN3/c1-10-3-2-6-17-14(10)5-4-11-8-18-15-13(11)7-12(16)9-19-15/h2-3,6-9H,1H3,(H,18,19). The number of hydrogen-bond donors (Lipinski definition) is 1. The average molecular weight is 312 g/mol. The maximum Gasteiger partial charge on any atom is 0.138 e. The van der Waals surface area contributed by atoms with Gasteiger partial charge in [0.2, 0.25) is 0 Å². The van der Waals surface area contributed by atoms with Gasteiger partial charge in [0.15, 0.2) is 0 Å². The molecule has 0 fully saturated rings. The highest BCUT2D eigenvalue weighted by atomic mass is 79.9. The van der Waals surface area contributed by atoms with Gasteiger partial charge in [0.25, 0.3) is 0 Å². The Morgan fingerprint density at radius 1 is 1.26 bits per heavy atom. The van der Waals surface area contributed by atoms with Gasteiger partial charge in [-0.15, -0.1) is 0 Å². The lowest BCUT2D eigenvalue weighted by Gasteiger charge is -1.94. The smallest absolute Gasteiger partial charge is 0.138 e. The number of pyridine rings is 2. The molecule has 0 saturated heterocycles. The molecule has 3 aromatic heterocycles. The predicted octanol–water partition coefficient (Wildman–Crippen LogP) is 3.43. The Morgan fingerprint density at radius 2 is 2.16 bits per heavy atom. The summed E-state index contributed by atoms with van der Waals surface area (Å²) in [7, 11) is 0. The lowest BCUT2D eigenvalue weighted by Crippen LogP contribution is -1.85. The summed E-state index contributed by atoms with van der Waals surface area (Å²) in [6.07, 6.45) is 5.39. The summed E-state index contributed by atoms with van der Waals surface area (Å²) >= 11 is 3.42. The number of rotatable bonds is 0. The molecule has 0 aliphatic carbocycles. The van der Waals surface area contributed by atoms with Crippen LogP contribution in [0.4, 0.5) is 0 Å². The van der Waals surface area contributed by atoms with E-state index in [0.717, 1.165) is 32.3 Å². The molecule has 0 aromatic carbocycles. The molecule has 0 unspecified atom stereocenters. The molecule has 0 amide bonds. The summed E-state index contributed by atoms with van der Waals surface area (Å²) < 4.78 is 0.941. The fraction of sp³-hybridized carbons (Fsp3) is 0.0667. The monoisotopic (exact) mass is 311 g/mol. The summed E-state index contributed by atoms with van der Waals surface area (Å²) in [5.74, 6) is 6.25. The lowest BCUT2D eigenvalue weighted by molar-refractivity contribution is 1.23. The molecule has 4 heteroatoms. The molecule has 0 aliphatic rings. The summed E-state index contributed by atoms with van der Waals surface area (Å²) in [6.45, 7) is 2.00. The van der Waals surface area contributed by atoms with Gasteiger partial charge >= 0.3 is 0 Å². The van der Waals surface area contributed by atoms with Crippen molar-refractivity contribution in [2.75, 3.05) is 0 Å². The van der Waals surface area contributed by atoms with Crippen LogP contribution < -0.4 is 0 Å². The largest absolute Gasteiger partial charge is 0.345 e. The zero-order chi connectivity index (χ0) is 13.2. The Bertz CT molecular complexity index is 809. The number of nitrogens with one attached hydrogen (secondary N) is 1. The molecule has 1 N–H and O–H groups in total. The topological polar surface area (TPSA) is 41.6 Å². The quantitative estimate of drug-likeness (QED) is 0.646. The second kappa shape index (κ2) is 4.87. The molecule has 0 aliphatic heterocycles. The fourth-order valence-electron chi connectivity index (χ4n) is 1.82. The maximum absolute atomic E-state index is 4.29. The molecule has 3 aromatic rings. The number of aromatic nitrogens is 3. The van der Waals surface area contributed by atoms with Gasteiger partial charge in [0.1, 0.15) is 11.3 Å². The average Bonchev–Trinajstić information content (AvgIpc) is 2.80. The molecule has 3 heterocycles. The minimum Gasteiger partial charge on any atom is -0.345 e. The van der Waals surface area contributed by atoms with Crippen LogP contribution in [0.15, 0.2) is 41.3 Å². The first kappa shape index (κ1) is 11.9. The minimum atomic E-state index is 0.805. The Morgan fingerprint density at radius 3 is 3.00 bits per heavy atom. The van der Waals surface area contributed by atoms with Crippen molar-refractivity contribution in [1.82, 2.24) is 15.0 Å². The van der Waals surface area contributed by atoms with E-state index in [1.54, 1.807) is 12.4 Å². The number of aryl methyl sites for hydroxylation is 1. The SMILES string of the molecule is Cc1cccnc1C#Cc1c[nH]c2ncc(Br)cc12. The van der Waals surface area contributed by atoms with Crippen molar-refractivity contribution in [2.24, 2.45) is 0 Å². The van der Waals surface area contributed by atoms with E-state index in [9.17, 15) is 0 Å². The van der Waals surface area contributed by atoms with Crippen molar-refractivity contribution in [1.29, 1.82) is 0 Å². The van der Waals surface area contributed by atoms with E-state index in [0.29, 0.717) is 0 Å². The van der Waals surface area contributed by atoms with Crippen molar-refractivity contribution in [3.05, 3.63) is 58.1 Å². The van der Waals surface area contributed by atoms with Crippen LogP contribution in [0.2, 0.25) is 0 Å². The third-order valence-electron chi connectivity index (χ3n) is 2.82. The third kappa shape index (κ3) is 2.38. The molecule has 0 radical (unpaired) electrons. The number of hydrogen-bond acceptors (Lipinski definition) is 2. The van der Waals surface area contributed by atoms with Crippen molar-refractivity contribution < 1.29 is 0 Å². The highest BCUT2D eigenvalue weighted by Crippen LogP contribution is 2.19. The molecule has 92 valence electrons. The van der Waals surface area contributed by atoms with E-state index in [2.05, 4.69) is 42.7 Å². The van der Waals surface area contributed by atoms with Gasteiger partial charge in [-0.25, -0.2) is 9.97 Å². The van der Waals surface area contributed by atoms with Gasteiger partial charge in [-0.1, -0.05) is 12.0 Å².